The second kappa shape index (κ2) is 10.7. The van der Waals surface area contributed by atoms with Gasteiger partial charge in [-0.2, -0.15) is 0 Å². The van der Waals surface area contributed by atoms with Gasteiger partial charge in [0, 0.05) is 0 Å². The Morgan fingerprint density at radius 1 is 0.286 bits per heavy atom. The van der Waals surface area contributed by atoms with Crippen molar-refractivity contribution in [3.8, 4) is 0 Å². The average Bonchev–Trinajstić information content (AvgIpc) is 2.20. The summed E-state index contributed by atoms with van der Waals surface area (Å²) in [5, 5.41) is 0. The molecule has 0 amide bonds. The second-order valence-electron chi connectivity index (χ2n) is 2.25. The van der Waals surface area contributed by atoms with Gasteiger partial charge in [0.15, 0.2) is 0 Å². The molecule has 0 spiro atoms. The van der Waals surface area contributed by atoms with Crippen molar-refractivity contribution in [1.29, 1.82) is 0 Å². The normalized spacial score (nSPS) is 36.0. The summed E-state index contributed by atoms with van der Waals surface area (Å²) in [5.41, 5.74) is 0. The van der Waals surface area contributed by atoms with Crippen LogP contribution in [0.1, 0.15) is 0 Å². The van der Waals surface area contributed by atoms with Crippen molar-refractivity contribution in [2.45, 2.75) is 0 Å². The Labute approximate surface area is 98.9 Å². The van der Waals surface area contributed by atoms with E-state index in [2.05, 4.69) is 0 Å². The van der Waals surface area contributed by atoms with Gasteiger partial charge >= 0.3 is 0 Å². The lowest BCUT2D eigenvalue weighted by Gasteiger charge is -2.10. The lowest BCUT2D eigenvalue weighted by atomic mass is 15.7. The molecule has 2 fully saturated rings. The van der Waals surface area contributed by atoms with Crippen molar-refractivity contribution in [2.24, 2.45) is 0 Å². The maximum atomic E-state index is 5.10. The number of rotatable bonds is 0. The molecule has 2 rings (SSSR count). The Balaban J connectivity index is 0.000000146. The zero-order valence-electron chi connectivity index (χ0n) is 7.81. The van der Waals surface area contributed by atoms with Gasteiger partial charge in [-0.15, -0.1) is 0 Å². The van der Waals surface area contributed by atoms with Crippen LogP contribution in [0.15, 0.2) is 0 Å². The fraction of sp³-hybridized carbons (Fsp3) is 0. The van der Waals surface area contributed by atoms with Gasteiger partial charge in [0.2, 0.25) is 0 Å². The summed E-state index contributed by atoms with van der Waals surface area (Å²) < 4.78 is 35.2. The zero-order chi connectivity index (χ0) is 9.90. The molecule has 0 bridgehead atoms. The van der Waals surface area contributed by atoms with E-state index in [1.807, 2.05) is 0 Å². The van der Waals surface area contributed by atoms with E-state index in [1.54, 1.807) is 0 Å². The topological polar surface area (TPSA) is 64.6 Å². The molecule has 0 N–H and O–H groups in total. The second-order valence-corrected chi connectivity index (χ2v) is 15.3. The van der Waals surface area contributed by atoms with Gasteiger partial charge in [-0.25, -0.2) is 0 Å². The molecule has 0 aliphatic carbocycles. The third-order valence-electron chi connectivity index (χ3n) is 1.17. The van der Waals surface area contributed by atoms with E-state index in [0.717, 1.165) is 0 Å². The molecule has 2 heterocycles. The highest BCUT2D eigenvalue weighted by molar-refractivity contribution is 6.50. The molecule has 2 saturated heterocycles. The summed E-state index contributed by atoms with van der Waals surface area (Å²) in [5.74, 6) is 0. The Hall–Kier alpha value is 1.24. The van der Waals surface area contributed by atoms with Crippen molar-refractivity contribution in [1.82, 2.24) is 0 Å². The maximum absolute atomic E-state index is 5.10. The zero-order valence-corrected chi connectivity index (χ0v) is 17.7. The first-order chi connectivity index (χ1) is 7.00. The molecule has 0 aromatic carbocycles. The molecule has 7 nitrogen and oxygen atoms in total. The molecule has 0 saturated carbocycles. The van der Waals surface area contributed by atoms with Crippen LogP contribution >= 0.6 is 0 Å². The lowest BCUT2D eigenvalue weighted by molar-refractivity contribution is 0.346. The van der Waals surface area contributed by atoms with E-state index in [0.29, 0.717) is 0 Å². The van der Waals surface area contributed by atoms with Gasteiger partial charge in [-0.3, -0.25) is 0 Å². The first kappa shape index (κ1) is 13.3. The predicted molar refractivity (Wildman–Crippen MR) is 67.4 cm³/mol. The molecule has 0 radical (unpaired) electrons. The van der Waals surface area contributed by atoms with Crippen LogP contribution in [0, 0.1) is 0 Å². The highest BCUT2D eigenvalue weighted by Gasteiger charge is 1.97. The predicted octanol–water partition coefficient (Wildman–Crippen LogP) is -6.89. The van der Waals surface area contributed by atoms with Crippen LogP contribution in [-0.2, 0) is 28.8 Å². The lowest BCUT2D eigenvalue weighted by Crippen LogP contribution is -2.23. The highest BCUT2D eigenvalue weighted by atomic mass is 28.4. The minimum atomic E-state index is -0.653. The van der Waals surface area contributed by atoms with Gasteiger partial charge in [0.25, 0.3) is 70.0 Å². The fourth-order valence-electron chi connectivity index (χ4n) is 0.651. The molecule has 2 aliphatic rings. The molecule has 84 valence electrons. The average molecular weight is 323 g/mol. The Kier molecular flexibility index (Phi) is 10.2. The SMILES string of the molecule is O1[SiH2]O[SiH2]O[SiH2]1.O1[SiH2]O[SiH2]O[SiH2]O[SiH2]1. The quantitative estimate of drug-likeness (QED) is 0.411. The van der Waals surface area contributed by atoms with E-state index in [9.17, 15) is 0 Å². The molecular weight excluding hydrogens is 309 g/mol. The number of hydrogen-bond donors (Lipinski definition) is 0. The van der Waals surface area contributed by atoms with Gasteiger partial charge in [0.05, 0.1) is 0 Å². The molecule has 0 atom stereocenters. The summed E-state index contributed by atoms with van der Waals surface area (Å²) in [7, 11) is -4.09. The van der Waals surface area contributed by atoms with Gasteiger partial charge in [-0.05, 0) is 0 Å². The minimum Gasteiger partial charge on any atom is -0.425 e. The van der Waals surface area contributed by atoms with E-state index in [-0.39, 0.29) is 0 Å². The molecule has 14 heavy (non-hydrogen) atoms. The Morgan fingerprint density at radius 3 is 0.571 bits per heavy atom. The Bertz CT molecular complexity index is 81.1. The van der Waals surface area contributed by atoms with Gasteiger partial charge < -0.3 is 28.8 Å². The van der Waals surface area contributed by atoms with Crippen LogP contribution in [-0.4, -0.2) is 70.0 Å². The monoisotopic (exact) mass is 322 g/mol. The van der Waals surface area contributed by atoms with Crippen molar-refractivity contribution in [3.63, 3.8) is 0 Å². The van der Waals surface area contributed by atoms with Crippen LogP contribution in [0.5, 0.6) is 0 Å². The van der Waals surface area contributed by atoms with Gasteiger partial charge in [0.1, 0.15) is 0 Å². The summed E-state index contributed by atoms with van der Waals surface area (Å²) in [6, 6.07) is 0. The van der Waals surface area contributed by atoms with Gasteiger partial charge in [-0.1, -0.05) is 0 Å². The van der Waals surface area contributed by atoms with Crippen LogP contribution in [0.3, 0.4) is 0 Å². The summed E-state index contributed by atoms with van der Waals surface area (Å²) in [4.78, 5) is 0. The third kappa shape index (κ3) is 8.54. The molecular formula is H14O7Si7. The van der Waals surface area contributed by atoms with E-state index < -0.39 is 70.0 Å². The maximum Gasteiger partial charge on any atom is 0.286 e. The highest BCUT2D eigenvalue weighted by Crippen LogP contribution is 1.79. The summed E-state index contributed by atoms with van der Waals surface area (Å²) in [6.45, 7) is 0. The van der Waals surface area contributed by atoms with Crippen LogP contribution in [0.2, 0.25) is 0 Å². The molecule has 2 aliphatic heterocycles. The third-order valence-corrected chi connectivity index (χ3v) is 10.5. The van der Waals surface area contributed by atoms with Crippen molar-refractivity contribution in [3.05, 3.63) is 0 Å². The molecule has 0 aromatic heterocycles. The van der Waals surface area contributed by atoms with Crippen LogP contribution < -0.4 is 0 Å². The molecule has 0 aromatic rings. The summed E-state index contributed by atoms with van der Waals surface area (Å²) in [6.07, 6.45) is 0. The van der Waals surface area contributed by atoms with Crippen LogP contribution in [0.4, 0.5) is 0 Å². The van der Waals surface area contributed by atoms with Crippen molar-refractivity contribution < 1.29 is 28.8 Å². The summed E-state index contributed by atoms with van der Waals surface area (Å²) >= 11 is 0. The largest absolute Gasteiger partial charge is 0.425 e. The van der Waals surface area contributed by atoms with E-state index in [4.69, 9.17) is 28.8 Å². The standard InChI is InChI=1S/H8O4Si4.H6O3Si3/c1-5-2-7-4-8-3-6-1;1-4-2-6-3-5-1/h5-8H2;4-6H2. The molecule has 0 unspecified atom stereocenters. The minimum absolute atomic E-state index is 0.493. The van der Waals surface area contributed by atoms with E-state index in [1.165, 1.54) is 0 Å². The first-order valence-electron chi connectivity index (χ1n) is 4.04. The van der Waals surface area contributed by atoms with E-state index >= 15 is 0 Å². The van der Waals surface area contributed by atoms with Crippen LogP contribution in [0.25, 0.3) is 0 Å². The fourth-order valence-corrected chi connectivity index (χ4v) is 13.3. The first-order valence-corrected chi connectivity index (χ1v) is 12.1. The van der Waals surface area contributed by atoms with Crippen molar-refractivity contribution in [2.75, 3.05) is 0 Å². The Morgan fingerprint density at radius 2 is 0.429 bits per heavy atom. The smallest absolute Gasteiger partial charge is 0.286 e. The number of hydrogen-bond acceptors (Lipinski definition) is 7. The van der Waals surface area contributed by atoms with Crippen molar-refractivity contribution >= 4 is 70.0 Å². The molecule has 14 heteroatoms.